The first kappa shape index (κ1) is 21.3. The normalized spacial score (nSPS) is 14.2. The smallest absolute Gasteiger partial charge is 0.363 e. The van der Waals surface area contributed by atoms with E-state index in [-0.39, 0.29) is 28.1 Å². The summed E-state index contributed by atoms with van der Waals surface area (Å²) in [5.41, 5.74) is 2.82. The summed E-state index contributed by atoms with van der Waals surface area (Å²) in [6.45, 7) is 1.97. The van der Waals surface area contributed by atoms with Crippen LogP contribution >= 0.6 is 11.6 Å². The Morgan fingerprint density at radius 3 is 2.47 bits per heavy atom. The number of halogens is 1. The summed E-state index contributed by atoms with van der Waals surface area (Å²) in [4.78, 5) is 29.0. The monoisotopic (exact) mass is 447 g/mol. The maximum absolute atomic E-state index is 12.4. The highest BCUT2D eigenvalue weighted by Gasteiger charge is 2.25. The van der Waals surface area contributed by atoms with E-state index in [0.29, 0.717) is 16.7 Å². The molecule has 0 aliphatic carbocycles. The largest absolute Gasteiger partial charge is 0.493 e. The molecule has 0 saturated heterocycles. The van der Waals surface area contributed by atoms with Crippen molar-refractivity contribution >= 4 is 35.5 Å². The number of benzene rings is 3. The number of nitrogens with zero attached hydrogens (tertiary/aromatic N) is 1. The van der Waals surface area contributed by atoms with Crippen molar-refractivity contribution in [2.45, 2.75) is 6.92 Å². The predicted octanol–water partition coefficient (Wildman–Crippen LogP) is 5.22. The molecule has 7 heteroatoms. The first-order chi connectivity index (χ1) is 15.4. The Bertz CT molecular complexity index is 1250. The lowest BCUT2D eigenvalue weighted by atomic mass is 10.1. The van der Waals surface area contributed by atoms with E-state index in [4.69, 9.17) is 25.8 Å². The van der Waals surface area contributed by atoms with Gasteiger partial charge < -0.3 is 14.2 Å². The zero-order valence-electron chi connectivity index (χ0n) is 17.3. The van der Waals surface area contributed by atoms with Gasteiger partial charge >= 0.3 is 11.9 Å². The SMILES string of the molecule is COc1cc(/C=C2\N=C(c3ccc(C)cc3)OC2=O)cc(Cl)c1OC(=O)c1ccccc1. The molecule has 4 rings (SSSR count). The third kappa shape index (κ3) is 4.55. The van der Waals surface area contributed by atoms with Crippen LogP contribution in [0.4, 0.5) is 0 Å². The van der Waals surface area contributed by atoms with E-state index >= 15 is 0 Å². The van der Waals surface area contributed by atoms with E-state index < -0.39 is 11.9 Å². The number of aryl methyl sites for hydroxylation is 1. The number of carbonyl (C=O) groups excluding carboxylic acids is 2. The molecule has 1 aliphatic rings. The molecule has 1 aliphatic heterocycles. The van der Waals surface area contributed by atoms with E-state index in [9.17, 15) is 9.59 Å². The maximum Gasteiger partial charge on any atom is 0.363 e. The van der Waals surface area contributed by atoms with Crippen molar-refractivity contribution in [2.75, 3.05) is 7.11 Å². The van der Waals surface area contributed by atoms with Gasteiger partial charge in [-0.1, -0.05) is 47.5 Å². The summed E-state index contributed by atoms with van der Waals surface area (Å²) < 4.78 is 16.1. The van der Waals surface area contributed by atoms with Gasteiger partial charge in [-0.2, -0.15) is 0 Å². The van der Waals surface area contributed by atoms with E-state index in [1.165, 1.54) is 13.2 Å². The zero-order valence-corrected chi connectivity index (χ0v) is 18.1. The fraction of sp³-hybridized carbons (Fsp3) is 0.0800. The molecule has 0 aromatic heterocycles. The number of ether oxygens (including phenoxy) is 3. The Labute approximate surface area is 189 Å². The van der Waals surface area contributed by atoms with Crippen molar-refractivity contribution < 1.29 is 23.8 Å². The summed E-state index contributed by atoms with van der Waals surface area (Å²) in [5, 5.41) is 0.148. The van der Waals surface area contributed by atoms with Crippen LogP contribution in [0, 0.1) is 6.92 Å². The number of hydrogen-bond donors (Lipinski definition) is 0. The average molecular weight is 448 g/mol. The van der Waals surface area contributed by atoms with Crippen molar-refractivity contribution in [2.24, 2.45) is 4.99 Å². The van der Waals surface area contributed by atoms with Gasteiger partial charge in [0.25, 0.3) is 0 Å². The molecule has 0 bridgehead atoms. The van der Waals surface area contributed by atoms with Crippen LogP contribution in [0.3, 0.4) is 0 Å². The zero-order chi connectivity index (χ0) is 22.7. The molecular formula is C25H18ClNO5. The fourth-order valence-corrected chi connectivity index (χ4v) is 3.29. The predicted molar refractivity (Wildman–Crippen MR) is 121 cm³/mol. The second-order valence-corrected chi connectivity index (χ2v) is 7.40. The Balaban J connectivity index is 1.62. The van der Waals surface area contributed by atoms with E-state index in [1.54, 1.807) is 42.5 Å². The highest BCUT2D eigenvalue weighted by atomic mass is 35.5. The molecule has 0 spiro atoms. The molecule has 0 saturated carbocycles. The van der Waals surface area contributed by atoms with E-state index in [2.05, 4.69) is 4.99 Å². The summed E-state index contributed by atoms with van der Waals surface area (Å²) in [6.07, 6.45) is 1.53. The van der Waals surface area contributed by atoms with Gasteiger partial charge in [-0.25, -0.2) is 14.6 Å². The lowest BCUT2D eigenvalue weighted by molar-refractivity contribution is -0.129. The molecule has 0 fully saturated rings. The van der Waals surface area contributed by atoms with Gasteiger partial charge in [0.1, 0.15) is 0 Å². The van der Waals surface area contributed by atoms with Gasteiger partial charge in [-0.15, -0.1) is 0 Å². The van der Waals surface area contributed by atoms with Gasteiger partial charge in [0.05, 0.1) is 17.7 Å². The number of esters is 2. The third-order valence-electron chi connectivity index (χ3n) is 4.68. The Kier molecular flexibility index (Phi) is 6.05. The van der Waals surface area contributed by atoms with Crippen LogP contribution in [0.2, 0.25) is 5.02 Å². The van der Waals surface area contributed by atoms with Crippen LogP contribution in [-0.2, 0) is 9.53 Å². The lowest BCUT2D eigenvalue weighted by Crippen LogP contribution is -2.09. The van der Waals surface area contributed by atoms with Crippen LogP contribution in [0.5, 0.6) is 11.5 Å². The fourth-order valence-electron chi connectivity index (χ4n) is 3.03. The van der Waals surface area contributed by atoms with Crippen LogP contribution in [0.25, 0.3) is 6.08 Å². The summed E-state index contributed by atoms with van der Waals surface area (Å²) in [7, 11) is 1.43. The molecule has 0 atom stereocenters. The van der Waals surface area contributed by atoms with Gasteiger partial charge in [-0.3, -0.25) is 0 Å². The Hall–Kier alpha value is -3.90. The minimum absolute atomic E-state index is 0.0861. The topological polar surface area (TPSA) is 74.2 Å². The van der Waals surface area contributed by atoms with Crippen LogP contribution in [-0.4, -0.2) is 24.9 Å². The average Bonchev–Trinajstić information content (AvgIpc) is 3.16. The molecule has 1 heterocycles. The first-order valence-electron chi connectivity index (χ1n) is 9.69. The molecule has 0 radical (unpaired) electrons. The molecule has 3 aromatic rings. The number of carbonyl (C=O) groups is 2. The molecule has 6 nitrogen and oxygen atoms in total. The number of rotatable bonds is 5. The molecule has 0 unspecified atom stereocenters. The second kappa shape index (κ2) is 9.08. The molecule has 160 valence electrons. The minimum atomic E-state index is -0.574. The number of cyclic esters (lactones) is 1. The molecule has 0 amide bonds. The molecule has 3 aromatic carbocycles. The van der Waals surface area contributed by atoms with Crippen molar-refractivity contribution in [1.82, 2.24) is 0 Å². The highest BCUT2D eigenvalue weighted by molar-refractivity contribution is 6.32. The van der Waals surface area contributed by atoms with Gasteiger partial charge in [-0.05, 0) is 55.0 Å². The van der Waals surface area contributed by atoms with E-state index in [1.807, 2.05) is 31.2 Å². The standard InChI is InChI=1S/C25H18ClNO5/c1-15-8-10-17(11-9-15)23-27-20(25(29)32-23)13-16-12-19(26)22(21(14-16)30-2)31-24(28)18-6-4-3-5-7-18/h3-14H,1-2H3/b20-13-. The van der Waals surface area contributed by atoms with Crippen LogP contribution in [0.15, 0.2) is 77.4 Å². The Morgan fingerprint density at radius 2 is 1.78 bits per heavy atom. The third-order valence-corrected chi connectivity index (χ3v) is 4.96. The number of hydrogen-bond acceptors (Lipinski definition) is 6. The second-order valence-electron chi connectivity index (χ2n) is 6.99. The first-order valence-corrected chi connectivity index (χ1v) is 10.1. The summed E-state index contributed by atoms with van der Waals surface area (Å²) in [6, 6.07) is 19.2. The van der Waals surface area contributed by atoms with E-state index in [0.717, 1.165) is 5.56 Å². The summed E-state index contributed by atoms with van der Waals surface area (Å²) >= 11 is 6.37. The minimum Gasteiger partial charge on any atom is -0.493 e. The van der Waals surface area contributed by atoms with Crippen molar-refractivity contribution in [3.8, 4) is 11.5 Å². The summed E-state index contributed by atoms with van der Waals surface area (Å²) in [5.74, 6) is -0.586. The molecule has 0 N–H and O–H groups in total. The lowest BCUT2D eigenvalue weighted by Gasteiger charge is -2.12. The van der Waals surface area contributed by atoms with Gasteiger partial charge in [0, 0.05) is 5.56 Å². The highest BCUT2D eigenvalue weighted by Crippen LogP contribution is 2.38. The van der Waals surface area contributed by atoms with Crippen LogP contribution in [0.1, 0.15) is 27.0 Å². The van der Waals surface area contributed by atoms with Gasteiger partial charge in [0.2, 0.25) is 5.90 Å². The number of methoxy groups -OCH3 is 1. The van der Waals surface area contributed by atoms with Crippen molar-refractivity contribution in [1.29, 1.82) is 0 Å². The van der Waals surface area contributed by atoms with Crippen LogP contribution < -0.4 is 9.47 Å². The van der Waals surface area contributed by atoms with Gasteiger partial charge in [0.15, 0.2) is 17.2 Å². The molecular weight excluding hydrogens is 430 g/mol. The maximum atomic E-state index is 12.4. The Morgan fingerprint density at radius 1 is 1.06 bits per heavy atom. The quantitative estimate of drug-likeness (QED) is 0.304. The van der Waals surface area contributed by atoms with Crippen molar-refractivity contribution in [3.63, 3.8) is 0 Å². The molecule has 32 heavy (non-hydrogen) atoms. The number of aliphatic imine (C=N–C) groups is 1. The van der Waals surface area contributed by atoms with Crippen molar-refractivity contribution in [3.05, 3.63) is 99.7 Å².